The van der Waals surface area contributed by atoms with Crippen molar-refractivity contribution in [1.29, 1.82) is 0 Å². The number of carbonyl (C=O) groups is 1. The molecule has 0 fully saturated rings. The molecule has 1 N–H and O–H groups in total. The molecular weight excluding hydrogens is 280 g/mol. The molecule has 0 saturated heterocycles. The number of rotatable bonds is 5. The van der Waals surface area contributed by atoms with Crippen LogP contribution in [0, 0.1) is 11.6 Å². The van der Waals surface area contributed by atoms with Crippen molar-refractivity contribution < 1.29 is 13.6 Å². The molecule has 2 aromatic carbocycles. The van der Waals surface area contributed by atoms with E-state index in [4.69, 9.17) is 0 Å². The van der Waals surface area contributed by atoms with Crippen molar-refractivity contribution in [3.8, 4) is 0 Å². The first-order valence-corrected chi connectivity index (χ1v) is 7.01. The minimum absolute atomic E-state index is 0.122. The van der Waals surface area contributed by atoms with Crippen molar-refractivity contribution in [2.45, 2.75) is 11.4 Å². The van der Waals surface area contributed by atoms with Crippen molar-refractivity contribution in [2.24, 2.45) is 0 Å². The molecule has 0 aromatic heterocycles. The molecular formula is C15H13F2NOS. The van der Waals surface area contributed by atoms with E-state index in [2.05, 4.69) is 5.32 Å². The highest BCUT2D eigenvalue weighted by molar-refractivity contribution is 8.00. The summed E-state index contributed by atoms with van der Waals surface area (Å²) in [5.41, 5.74) is 0.839. The summed E-state index contributed by atoms with van der Waals surface area (Å²) in [5, 5.41) is 2.74. The standard InChI is InChI=1S/C15H13F2NOS/c16-12-3-1-11(2-4-12)9-18-15(19)10-20-14-7-5-13(17)6-8-14/h1-8H,9-10H2,(H,18,19). The maximum absolute atomic E-state index is 12.7. The van der Waals surface area contributed by atoms with Crippen molar-refractivity contribution in [1.82, 2.24) is 5.32 Å². The lowest BCUT2D eigenvalue weighted by atomic mass is 10.2. The van der Waals surface area contributed by atoms with Crippen molar-refractivity contribution in [3.05, 3.63) is 65.7 Å². The van der Waals surface area contributed by atoms with Gasteiger partial charge in [-0.05, 0) is 42.0 Å². The second-order valence-corrected chi connectivity index (χ2v) is 5.19. The predicted octanol–water partition coefficient (Wildman–Crippen LogP) is 3.37. The molecule has 20 heavy (non-hydrogen) atoms. The molecule has 2 nitrogen and oxygen atoms in total. The fourth-order valence-corrected chi connectivity index (χ4v) is 2.26. The second-order valence-electron chi connectivity index (χ2n) is 4.15. The number of thioether (sulfide) groups is 1. The summed E-state index contributed by atoms with van der Waals surface area (Å²) in [4.78, 5) is 12.5. The third kappa shape index (κ3) is 4.66. The number of nitrogens with one attached hydrogen (secondary N) is 1. The van der Waals surface area contributed by atoms with Gasteiger partial charge >= 0.3 is 0 Å². The summed E-state index contributed by atoms with van der Waals surface area (Å²) in [6.07, 6.45) is 0. The van der Waals surface area contributed by atoms with Gasteiger partial charge < -0.3 is 5.32 Å². The van der Waals surface area contributed by atoms with Crippen LogP contribution in [0.1, 0.15) is 5.56 Å². The van der Waals surface area contributed by atoms with Gasteiger partial charge in [-0.3, -0.25) is 4.79 Å². The Bertz CT molecular complexity index is 518. The van der Waals surface area contributed by atoms with Crippen LogP contribution in [0.25, 0.3) is 0 Å². The minimum atomic E-state index is -0.299. The lowest BCUT2D eigenvalue weighted by Gasteiger charge is -2.05. The summed E-state index contributed by atoms with van der Waals surface area (Å²) in [6.45, 7) is 0.364. The number of amides is 1. The molecule has 2 rings (SSSR count). The molecule has 0 heterocycles. The van der Waals surface area contributed by atoms with Crippen molar-refractivity contribution in [2.75, 3.05) is 5.75 Å². The van der Waals surface area contributed by atoms with E-state index < -0.39 is 0 Å². The van der Waals surface area contributed by atoms with Crippen LogP contribution in [-0.2, 0) is 11.3 Å². The fraction of sp³-hybridized carbons (Fsp3) is 0.133. The lowest BCUT2D eigenvalue weighted by Crippen LogP contribution is -2.24. The van der Waals surface area contributed by atoms with Crippen molar-refractivity contribution in [3.63, 3.8) is 0 Å². The molecule has 1 amide bonds. The van der Waals surface area contributed by atoms with Gasteiger partial charge in [0.05, 0.1) is 5.75 Å². The predicted molar refractivity (Wildman–Crippen MR) is 75.4 cm³/mol. The Morgan fingerprint density at radius 1 is 0.950 bits per heavy atom. The number of carbonyl (C=O) groups excluding carboxylic acids is 1. The molecule has 0 aliphatic heterocycles. The Labute approximate surface area is 120 Å². The van der Waals surface area contributed by atoms with Crippen LogP contribution < -0.4 is 5.32 Å². The highest BCUT2D eigenvalue weighted by Gasteiger charge is 2.03. The first kappa shape index (κ1) is 14.5. The third-order valence-corrected chi connectivity index (χ3v) is 3.60. The van der Waals surface area contributed by atoms with Gasteiger partial charge in [-0.2, -0.15) is 0 Å². The van der Waals surface area contributed by atoms with Gasteiger partial charge in [-0.15, -0.1) is 11.8 Å². The maximum atomic E-state index is 12.7. The SMILES string of the molecule is O=C(CSc1ccc(F)cc1)NCc1ccc(F)cc1. The first-order valence-electron chi connectivity index (χ1n) is 6.03. The highest BCUT2D eigenvalue weighted by atomic mass is 32.2. The Morgan fingerprint density at radius 3 is 2.10 bits per heavy atom. The Balaban J connectivity index is 1.75. The molecule has 0 atom stereocenters. The van der Waals surface area contributed by atoms with Gasteiger partial charge in [-0.1, -0.05) is 12.1 Å². The summed E-state index contributed by atoms with van der Waals surface area (Å²) in [6, 6.07) is 12.0. The van der Waals surface area contributed by atoms with Crippen LogP contribution in [0.2, 0.25) is 0 Å². The fourth-order valence-electron chi connectivity index (χ4n) is 1.53. The zero-order valence-corrected chi connectivity index (χ0v) is 11.4. The average molecular weight is 293 g/mol. The first-order chi connectivity index (χ1) is 9.63. The van der Waals surface area contributed by atoms with Gasteiger partial charge in [0.15, 0.2) is 0 Å². The van der Waals surface area contributed by atoms with E-state index >= 15 is 0 Å². The number of hydrogen-bond donors (Lipinski definition) is 1. The number of hydrogen-bond acceptors (Lipinski definition) is 2. The number of benzene rings is 2. The molecule has 0 radical (unpaired) electrons. The summed E-state index contributed by atoms with van der Waals surface area (Å²) < 4.78 is 25.4. The van der Waals surface area contributed by atoms with Crippen LogP contribution in [-0.4, -0.2) is 11.7 Å². The van der Waals surface area contributed by atoms with Crippen LogP contribution in [0.4, 0.5) is 8.78 Å². The second kappa shape index (κ2) is 7.05. The van der Waals surface area contributed by atoms with Crippen LogP contribution in [0.15, 0.2) is 53.4 Å². The van der Waals surface area contributed by atoms with E-state index in [0.29, 0.717) is 6.54 Å². The molecule has 2 aromatic rings. The maximum Gasteiger partial charge on any atom is 0.230 e. The normalized spacial score (nSPS) is 10.3. The topological polar surface area (TPSA) is 29.1 Å². The molecule has 0 aliphatic rings. The molecule has 5 heteroatoms. The Hall–Kier alpha value is -1.88. The number of halogens is 2. The molecule has 104 valence electrons. The quantitative estimate of drug-likeness (QED) is 0.856. The largest absolute Gasteiger partial charge is 0.351 e. The smallest absolute Gasteiger partial charge is 0.230 e. The molecule has 0 spiro atoms. The minimum Gasteiger partial charge on any atom is -0.351 e. The van der Waals surface area contributed by atoms with Crippen LogP contribution >= 0.6 is 11.8 Å². The van der Waals surface area contributed by atoms with E-state index in [-0.39, 0.29) is 23.3 Å². The Morgan fingerprint density at radius 2 is 1.50 bits per heavy atom. The zero-order chi connectivity index (χ0) is 14.4. The van der Waals surface area contributed by atoms with E-state index in [1.54, 1.807) is 24.3 Å². The van der Waals surface area contributed by atoms with Gasteiger partial charge in [0.1, 0.15) is 11.6 Å². The van der Waals surface area contributed by atoms with Gasteiger partial charge in [0.25, 0.3) is 0 Å². The molecule has 0 aliphatic carbocycles. The monoisotopic (exact) mass is 293 g/mol. The lowest BCUT2D eigenvalue weighted by molar-refractivity contribution is -0.118. The summed E-state index contributed by atoms with van der Waals surface area (Å²) in [7, 11) is 0. The average Bonchev–Trinajstić information content (AvgIpc) is 2.46. The summed E-state index contributed by atoms with van der Waals surface area (Å²) in [5.74, 6) is -0.460. The highest BCUT2D eigenvalue weighted by Crippen LogP contribution is 2.17. The Kier molecular flexibility index (Phi) is 5.12. The van der Waals surface area contributed by atoms with Crippen LogP contribution in [0.3, 0.4) is 0 Å². The van der Waals surface area contributed by atoms with Gasteiger partial charge in [0.2, 0.25) is 5.91 Å². The van der Waals surface area contributed by atoms with Gasteiger partial charge in [0, 0.05) is 11.4 Å². The molecule has 0 bridgehead atoms. The van der Waals surface area contributed by atoms with Crippen molar-refractivity contribution >= 4 is 17.7 Å². The van der Waals surface area contributed by atoms with Gasteiger partial charge in [-0.25, -0.2) is 8.78 Å². The van der Waals surface area contributed by atoms with E-state index in [1.807, 2.05) is 0 Å². The molecule has 0 saturated carbocycles. The zero-order valence-electron chi connectivity index (χ0n) is 10.6. The molecule has 0 unspecified atom stereocenters. The van der Waals surface area contributed by atoms with E-state index in [1.165, 1.54) is 36.0 Å². The summed E-state index contributed by atoms with van der Waals surface area (Å²) >= 11 is 1.34. The third-order valence-electron chi connectivity index (χ3n) is 2.59. The van der Waals surface area contributed by atoms with E-state index in [0.717, 1.165) is 10.5 Å². The van der Waals surface area contributed by atoms with E-state index in [9.17, 15) is 13.6 Å². The van der Waals surface area contributed by atoms with Crippen LogP contribution in [0.5, 0.6) is 0 Å².